The van der Waals surface area contributed by atoms with Crippen LogP contribution in [0.5, 0.6) is 5.95 Å². The lowest BCUT2D eigenvalue weighted by molar-refractivity contribution is 0.329. The lowest BCUT2D eigenvalue weighted by Crippen LogP contribution is -2.23. The van der Waals surface area contributed by atoms with Crippen molar-refractivity contribution < 1.29 is 9.52 Å². The highest BCUT2D eigenvalue weighted by Crippen LogP contribution is 2.14. The lowest BCUT2D eigenvalue weighted by atomic mass is 10.1. The van der Waals surface area contributed by atoms with Crippen LogP contribution >= 0.6 is 0 Å². The number of hydrogen-bond donors (Lipinski definition) is 1. The van der Waals surface area contributed by atoms with E-state index in [-0.39, 0.29) is 5.95 Å². The maximum Gasteiger partial charge on any atom is 0.302 e. The first-order valence-electron chi connectivity index (χ1n) is 6.91. The van der Waals surface area contributed by atoms with Gasteiger partial charge in [0.05, 0.1) is 11.4 Å². The van der Waals surface area contributed by atoms with Crippen LogP contribution in [0.15, 0.2) is 64.1 Å². The van der Waals surface area contributed by atoms with Gasteiger partial charge in [-0.2, -0.15) is 0 Å². The van der Waals surface area contributed by atoms with Gasteiger partial charge in [0.2, 0.25) is 5.89 Å². The van der Waals surface area contributed by atoms with Crippen molar-refractivity contribution in [1.29, 1.82) is 0 Å². The van der Waals surface area contributed by atoms with Crippen molar-refractivity contribution in [3.8, 4) is 5.95 Å². The summed E-state index contributed by atoms with van der Waals surface area (Å²) in [6.07, 6.45) is 5.13. The van der Waals surface area contributed by atoms with E-state index in [4.69, 9.17) is 4.42 Å². The summed E-state index contributed by atoms with van der Waals surface area (Å²) < 4.78 is 5.10. The Balaban J connectivity index is 1.85. The first-order valence-corrected chi connectivity index (χ1v) is 6.91. The molecule has 22 heavy (non-hydrogen) atoms. The Bertz CT molecular complexity index is 985. The molecule has 0 amide bonds. The molecular weight excluding hydrogens is 276 g/mol. The third kappa shape index (κ3) is 2.20. The van der Waals surface area contributed by atoms with Gasteiger partial charge >= 0.3 is 5.95 Å². The molecule has 0 saturated heterocycles. The Labute approximate surface area is 126 Å². The molecule has 4 heteroatoms. The van der Waals surface area contributed by atoms with Gasteiger partial charge in [-0.1, -0.05) is 42.5 Å². The predicted molar refractivity (Wildman–Crippen MR) is 84.5 cm³/mol. The largest absolute Gasteiger partial charge is 0.480 e. The van der Waals surface area contributed by atoms with Gasteiger partial charge in [-0.05, 0) is 17.4 Å². The fraction of sp³-hybridized carbons (Fsp3) is 0. The standard InChI is InChI=1S/C18H12N2O2/c21-18-11-19-17(22-18)9-13-7-4-8-15-14(13)10-16(20-15)12-5-2-1-3-6-12/h1-11,21H. The Hall–Kier alpha value is -3.14. The molecule has 0 saturated carbocycles. The fourth-order valence-electron chi connectivity index (χ4n) is 2.48. The highest BCUT2D eigenvalue weighted by molar-refractivity contribution is 6.23. The predicted octanol–water partition coefficient (Wildman–Crippen LogP) is 2.12. The molecule has 1 N–H and O–H groups in total. The van der Waals surface area contributed by atoms with E-state index in [1.807, 2.05) is 48.5 Å². The Morgan fingerprint density at radius 3 is 2.64 bits per heavy atom. The zero-order valence-electron chi connectivity index (χ0n) is 11.6. The number of aliphatic imine (C=N–C) groups is 1. The molecule has 0 aliphatic carbocycles. The van der Waals surface area contributed by atoms with Crippen LogP contribution in [-0.2, 0) is 0 Å². The molecule has 4 nitrogen and oxygen atoms in total. The van der Waals surface area contributed by atoms with Gasteiger partial charge in [0.25, 0.3) is 0 Å². The molecule has 2 heterocycles. The zero-order valence-corrected chi connectivity index (χ0v) is 11.6. The van der Waals surface area contributed by atoms with Crippen molar-refractivity contribution in [1.82, 2.24) is 4.98 Å². The summed E-state index contributed by atoms with van der Waals surface area (Å²) in [7, 11) is 0. The average molecular weight is 288 g/mol. The van der Waals surface area contributed by atoms with Crippen LogP contribution in [0.25, 0.3) is 12.2 Å². The average Bonchev–Trinajstić information content (AvgIpc) is 3.15. The second kappa shape index (κ2) is 5.00. The van der Waals surface area contributed by atoms with E-state index in [9.17, 15) is 5.11 Å². The second-order valence-electron chi connectivity index (χ2n) is 4.97. The van der Waals surface area contributed by atoms with Gasteiger partial charge in [0.15, 0.2) is 0 Å². The van der Waals surface area contributed by atoms with Crippen molar-refractivity contribution in [2.24, 2.45) is 4.99 Å². The number of oxazole rings is 1. The van der Waals surface area contributed by atoms with Crippen molar-refractivity contribution >= 4 is 23.6 Å². The van der Waals surface area contributed by atoms with Crippen LogP contribution in [-0.4, -0.2) is 15.8 Å². The minimum Gasteiger partial charge on any atom is -0.480 e. The molecule has 4 rings (SSSR count). The van der Waals surface area contributed by atoms with Crippen molar-refractivity contribution in [3.63, 3.8) is 0 Å². The number of fused-ring (bicyclic) bond motifs is 1. The maximum atomic E-state index is 9.24. The van der Waals surface area contributed by atoms with Crippen molar-refractivity contribution in [3.05, 3.63) is 76.6 Å². The molecule has 3 aromatic rings. The molecule has 0 radical (unpaired) electrons. The molecule has 1 aliphatic rings. The van der Waals surface area contributed by atoms with Crippen LogP contribution < -0.4 is 10.4 Å². The summed E-state index contributed by atoms with van der Waals surface area (Å²) in [5, 5.41) is 11.2. The molecule has 0 atom stereocenters. The van der Waals surface area contributed by atoms with Crippen molar-refractivity contribution in [2.45, 2.75) is 0 Å². The van der Waals surface area contributed by atoms with E-state index in [0.29, 0.717) is 5.89 Å². The van der Waals surface area contributed by atoms with Gasteiger partial charge in [-0.25, -0.2) is 9.98 Å². The van der Waals surface area contributed by atoms with Crippen LogP contribution in [0.2, 0.25) is 0 Å². The first kappa shape index (κ1) is 12.6. The molecular formula is C18H12N2O2. The topological polar surface area (TPSA) is 58.6 Å². The monoisotopic (exact) mass is 288 g/mol. The highest BCUT2D eigenvalue weighted by atomic mass is 16.5. The summed E-state index contributed by atoms with van der Waals surface area (Å²) in [6.45, 7) is 0. The van der Waals surface area contributed by atoms with Gasteiger partial charge in [0.1, 0.15) is 6.20 Å². The Morgan fingerprint density at radius 2 is 1.86 bits per heavy atom. The second-order valence-corrected chi connectivity index (χ2v) is 4.97. The molecule has 0 unspecified atom stereocenters. The van der Waals surface area contributed by atoms with Crippen LogP contribution in [0.4, 0.5) is 5.69 Å². The number of nitrogens with zero attached hydrogens (tertiary/aromatic N) is 2. The van der Waals surface area contributed by atoms with E-state index in [1.165, 1.54) is 6.20 Å². The normalized spacial score (nSPS) is 13.6. The van der Waals surface area contributed by atoms with Gasteiger partial charge in [-0.15, -0.1) is 0 Å². The SMILES string of the molecule is Oc1cnc(C=c2cccc3c2=CC(c2ccccc2)=N3)o1. The number of hydrogen-bond acceptors (Lipinski definition) is 4. The molecule has 2 aromatic carbocycles. The smallest absolute Gasteiger partial charge is 0.302 e. The molecule has 0 bridgehead atoms. The zero-order chi connectivity index (χ0) is 14.9. The van der Waals surface area contributed by atoms with Crippen LogP contribution in [0.3, 0.4) is 0 Å². The summed E-state index contributed by atoms with van der Waals surface area (Å²) >= 11 is 0. The minimum atomic E-state index is -0.191. The van der Waals surface area contributed by atoms with Gasteiger partial charge < -0.3 is 9.52 Å². The Morgan fingerprint density at radius 1 is 1.00 bits per heavy atom. The quantitative estimate of drug-likeness (QED) is 0.786. The van der Waals surface area contributed by atoms with Crippen LogP contribution in [0.1, 0.15) is 11.5 Å². The molecule has 0 spiro atoms. The van der Waals surface area contributed by atoms with Crippen LogP contribution in [0, 0.1) is 0 Å². The van der Waals surface area contributed by atoms with Gasteiger partial charge in [0, 0.05) is 16.9 Å². The van der Waals surface area contributed by atoms with Gasteiger partial charge in [-0.3, -0.25) is 0 Å². The summed E-state index contributed by atoms with van der Waals surface area (Å²) in [6, 6.07) is 16.0. The van der Waals surface area contributed by atoms with E-state index >= 15 is 0 Å². The minimum absolute atomic E-state index is 0.191. The number of rotatable bonds is 2. The molecule has 106 valence electrons. The third-order valence-corrected chi connectivity index (χ3v) is 3.50. The highest BCUT2D eigenvalue weighted by Gasteiger charge is 2.09. The molecule has 1 aliphatic heterocycles. The lowest BCUT2D eigenvalue weighted by Gasteiger charge is -1.95. The summed E-state index contributed by atoms with van der Waals surface area (Å²) in [4.78, 5) is 8.66. The maximum absolute atomic E-state index is 9.24. The van der Waals surface area contributed by atoms with E-state index in [2.05, 4.69) is 16.1 Å². The summed E-state index contributed by atoms with van der Waals surface area (Å²) in [5.74, 6) is 0.177. The van der Waals surface area contributed by atoms with E-state index in [0.717, 1.165) is 27.4 Å². The third-order valence-electron chi connectivity index (χ3n) is 3.50. The molecule has 1 aromatic heterocycles. The number of aromatic hydroxyl groups is 1. The first-order chi connectivity index (χ1) is 10.8. The van der Waals surface area contributed by atoms with E-state index < -0.39 is 0 Å². The van der Waals surface area contributed by atoms with E-state index in [1.54, 1.807) is 6.08 Å². The number of benzene rings is 2. The Kier molecular flexibility index (Phi) is 2.86. The summed E-state index contributed by atoms with van der Waals surface area (Å²) in [5.41, 5.74) is 2.94. The fourth-order valence-corrected chi connectivity index (χ4v) is 2.48. The number of aromatic nitrogens is 1. The molecule has 0 fully saturated rings. The van der Waals surface area contributed by atoms with Crippen molar-refractivity contribution in [2.75, 3.05) is 0 Å².